The van der Waals surface area contributed by atoms with Gasteiger partial charge in [0.05, 0.1) is 6.61 Å². The lowest BCUT2D eigenvalue weighted by Gasteiger charge is -2.06. The van der Waals surface area contributed by atoms with Crippen LogP contribution in [0.25, 0.3) is 0 Å². The molecule has 0 bridgehead atoms. The molecule has 0 aromatic carbocycles. The standard InChI is InChI=1S/C8H14O3/c1-7(2)8(4-10-3)5-11-6-9/h6H,4-5H2,1-3H3. The van der Waals surface area contributed by atoms with Crippen LogP contribution in [-0.2, 0) is 14.3 Å². The Labute approximate surface area is 67.0 Å². The van der Waals surface area contributed by atoms with Crippen LogP contribution in [0, 0.1) is 0 Å². The van der Waals surface area contributed by atoms with Gasteiger partial charge in [-0.1, -0.05) is 5.57 Å². The van der Waals surface area contributed by atoms with Gasteiger partial charge in [0.1, 0.15) is 6.61 Å². The minimum absolute atomic E-state index is 0.333. The van der Waals surface area contributed by atoms with Crippen LogP contribution in [0.5, 0.6) is 0 Å². The number of hydrogen-bond acceptors (Lipinski definition) is 3. The van der Waals surface area contributed by atoms with Crippen molar-refractivity contribution in [2.24, 2.45) is 0 Å². The minimum atomic E-state index is 0.333. The molecule has 3 heteroatoms. The molecule has 0 fully saturated rings. The van der Waals surface area contributed by atoms with Crippen molar-refractivity contribution in [2.45, 2.75) is 13.8 Å². The van der Waals surface area contributed by atoms with Crippen LogP contribution < -0.4 is 0 Å². The maximum absolute atomic E-state index is 9.85. The molecule has 0 saturated carbocycles. The molecule has 0 aromatic heterocycles. The van der Waals surface area contributed by atoms with E-state index in [-0.39, 0.29) is 0 Å². The monoisotopic (exact) mass is 158 g/mol. The molecule has 64 valence electrons. The molecule has 0 aliphatic carbocycles. The second-order valence-electron chi connectivity index (χ2n) is 2.44. The number of rotatable bonds is 5. The van der Waals surface area contributed by atoms with Crippen LogP contribution in [0.4, 0.5) is 0 Å². The molecular weight excluding hydrogens is 144 g/mol. The number of allylic oxidation sites excluding steroid dienone is 1. The summed E-state index contributed by atoms with van der Waals surface area (Å²) in [5.41, 5.74) is 2.15. The highest BCUT2D eigenvalue weighted by Gasteiger charge is 1.98. The molecule has 0 radical (unpaired) electrons. The van der Waals surface area contributed by atoms with Crippen LogP contribution in [0.2, 0.25) is 0 Å². The third-order valence-electron chi connectivity index (χ3n) is 1.35. The average Bonchev–Trinajstić information content (AvgIpc) is 1.97. The zero-order valence-electron chi connectivity index (χ0n) is 7.22. The van der Waals surface area contributed by atoms with E-state index in [1.165, 1.54) is 0 Å². The minimum Gasteiger partial charge on any atom is -0.463 e. The summed E-state index contributed by atoms with van der Waals surface area (Å²) in [6.45, 7) is 5.22. The normalized spacial score (nSPS) is 9.00. The van der Waals surface area contributed by atoms with E-state index in [1.807, 2.05) is 13.8 Å². The lowest BCUT2D eigenvalue weighted by molar-refractivity contribution is -0.127. The highest BCUT2D eigenvalue weighted by atomic mass is 16.5. The van der Waals surface area contributed by atoms with Crippen molar-refractivity contribution >= 4 is 6.47 Å². The Morgan fingerprint density at radius 3 is 2.36 bits per heavy atom. The van der Waals surface area contributed by atoms with Gasteiger partial charge in [0.2, 0.25) is 0 Å². The summed E-state index contributed by atoms with van der Waals surface area (Å²) in [6.07, 6.45) is 0. The van der Waals surface area contributed by atoms with Gasteiger partial charge >= 0.3 is 0 Å². The Bertz CT molecular complexity index is 145. The van der Waals surface area contributed by atoms with E-state index in [9.17, 15) is 4.79 Å². The molecule has 0 heterocycles. The zero-order chi connectivity index (χ0) is 8.69. The lowest BCUT2D eigenvalue weighted by Crippen LogP contribution is -2.04. The van der Waals surface area contributed by atoms with Crippen molar-refractivity contribution in [3.63, 3.8) is 0 Å². The van der Waals surface area contributed by atoms with Gasteiger partial charge in [-0.05, 0) is 19.4 Å². The van der Waals surface area contributed by atoms with Gasteiger partial charge in [0.25, 0.3) is 6.47 Å². The van der Waals surface area contributed by atoms with Gasteiger partial charge in [-0.15, -0.1) is 0 Å². The Morgan fingerprint density at radius 1 is 1.36 bits per heavy atom. The molecule has 0 saturated heterocycles. The number of methoxy groups -OCH3 is 1. The summed E-state index contributed by atoms with van der Waals surface area (Å²) in [5, 5.41) is 0. The molecule has 11 heavy (non-hydrogen) atoms. The van der Waals surface area contributed by atoms with Crippen molar-refractivity contribution in [1.82, 2.24) is 0 Å². The molecule has 0 unspecified atom stereocenters. The lowest BCUT2D eigenvalue weighted by atomic mass is 10.2. The van der Waals surface area contributed by atoms with E-state index in [0.717, 1.165) is 11.1 Å². The summed E-state index contributed by atoms with van der Waals surface area (Å²) in [4.78, 5) is 9.85. The van der Waals surface area contributed by atoms with Gasteiger partial charge in [0, 0.05) is 7.11 Å². The van der Waals surface area contributed by atoms with Gasteiger partial charge in [-0.2, -0.15) is 0 Å². The predicted octanol–water partition coefficient (Wildman–Crippen LogP) is 1.14. The Kier molecular flexibility index (Phi) is 5.47. The number of ether oxygens (including phenoxy) is 2. The maximum atomic E-state index is 9.85. The van der Waals surface area contributed by atoms with Crippen molar-refractivity contribution in [2.75, 3.05) is 20.3 Å². The van der Waals surface area contributed by atoms with Crippen LogP contribution in [0.15, 0.2) is 11.1 Å². The highest BCUT2D eigenvalue weighted by molar-refractivity contribution is 5.37. The molecule has 0 spiro atoms. The topological polar surface area (TPSA) is 35.5 Å². The molecule has 0 rings (SSSR count). The van der Waals surface area contributed by atoms with Gasteiger partial charge in [-0.3, -0.25) is 4.79 Å². The van der Waals surface area contributed by atoms with E-state index in [2.05, 4.69) is 4.74 Å². The first-order valence-electron chi connectivity index (χ1n) is 3.41. The van der Waals surface area contributed by atoms with Gasteiger partial charge < -0.3 is 9.47 Å². The fraction of sp³-hybridized carbons (Fsp3) is 0.625. The van der Waals surface area contributed by atoms with Crippen molar-refractivity contribution < 1.29 is 14.3 Å². The summed E-state index contributed by atoms with van der Waals surface area (Å²) < 4.78 is 9.50. The quantitative estimate of drug-likeness (QED) is 0.444. The van der Waals surface area contributed by atoms with Crippen LogP contribution in [-0.4, -0.2) is 26.8 Å². The third kappa shape index (κ3) is 4.56. The number of carbonyl (C=O) groups is 1. The summed E-state index contributed by atoms with van der Waals surface area (Å²) >= 11 is 0. The first kappa shape index (κ1) is 10.2. The molecule has 0 amide bonds. The number of carbonyl (C=O) groups excluding carboxylic acids is 1. The van der Waals surface area contributed by atoms with Crippen LogP contribution >= 0.6 is 0 Å². The SMILES string of the molecule is COCC(COC=O)=C(C)C. The first-order chi connectivity index (χ1) is 5.22. The smallest absolute Gasteiger partial charge is 0.293 e. The Balaban J connectivity index is 3.90. The van der Waals surface area contributed by atoms with Crippen molar-refractivity contribution in [1.29, 1.82) is 0 Å². The first-order valence-corrected chi connectivity index (χ1v) is 3.41. The Hall–Kier alpha value is -0.830. The molecular formula is C8H14O3. The second kappa shape index (κ2) is 5.92. The van der Waals surface area contributed by atoms with Crippen molar-refractivity contribution in [3.8, 4) is 0 Å². The molecule has 3 nitrogen and oxygen atoms in total. The largest absolute Gasteiger partial charge is 0.463 e. The third-order valence-corrected chi connectivity index (χ3v) is 1.35. The van der Waals surface area contributed by atoms with E-state index >= 15 is 0 Å². The van der Waals surface area contributed by atoms with Gasteiger partial charge in [0.15, 0.2) is 0 Å². The van der Waals surface area contributed by atoms with E-state index in [4.69, 9.17) is 4.74 Å². The van der Waals surface area contributed by atoms with Crippen molar-refractivity contribution in [3.05, 3.63) is 11.1 Å². The summed E-state index contributed by atoms with van der Waals surface area (Å²) in [6, 6.07) is 0. The highest BCUT2D eigenvalue weighted by Crippen LogP contribution is 2.03. The van der Waals surface area contributed by atoms with Crippen LogP contribution in [0.1, 0.15) is 13.8 Å². The van der Waals surface area contributed by atoms with E-state index < -0.39 is 0 Å². The van der Waals surface area contributed by atoms with Gasteiger partial charge in [-0.25, -0.2) is 0 Å². The molecule has 0 atom stereocenters. The summed E-state index contributed by atoms with van der Waals surface area (Å²) in [7, 11) is 1.61. The van der Waals surface area contributed by atoms with E-state index in [0.29, 0.717) is 19.7 Å². The Morgan fingerprint density at radius 2 is 2.00 bits per heavy atom. The molecule has 0 aromatic rings. The second-order valence-corrected chi connectivity index (χ2v) is 2.44. The number of hydrogen-bond donors (Lipinski definition) is 0. The van der Waals surface area contributed by atoms with Crippen LogP contribution in [0.3, 0.4) is 0 Å². The maximum Gasteiger partial charge on any atom is 0.293 e. The van der Waals surface area contributed by atoms with E-state index in [1.54, 1.807) is 7.11 Å². The average molecular weight is 158 g/mol. The summed E-state index contributed by atoms with van der Waals surface area (Å²) in [5.74, 6) is 0. The molecule has 0 aliphatic heterocycles. The predicted molar refractivity (Wildman–Crippen MR) is 42.3 cm³/mol. The fourth-order valence-corrected chi connectivity index (χ4v) is 0.639. The molecule has 0 N–H and O–H groups in total. The zero-order valence-corrected chi connectivity index (χ0v) is 7.22. The fourth-order valence-electron chi connectivity index (χ4n) is 0.639. The molecule has 0 aliphatic rings.